The lowest BCUT2D eigenvalue weighted by atomic mass is 9.96. The van der Waals surface area contributed by atoms with Crippen LogP contribution in [0.3, 0.4) is 0 Å². The molecule has 1 aromatic carbocycles. The highest BCUT2D eigenvalue weighted by molar-refractivity contribution is 5.94. The Balaban J connectivity index is 1.44. The number of carbonyl (C=O) groups is 1. The molecule has 1 amide bonds. The summed E-state index contributed by atoms with van der Waals surface area (Å²) in [6.07, 6.45) is 2.10. The Hall–Kier alpha value is -2.40. The van der Waals surface area contributed by atoms with E-state index in [-0.39, 0.29) is 5.91 Å². The van der Waals surface area contributed by atoms with Crippen molar-refractivity contribution in [2.24, 2.45) is 5.92 Å². The molecule has 0 spiro atoms. The van der Waals surface area contributed by atoms with Crippen molar-refractivity contribution in [1.82, 2.24) is 15.2 Å². The van der Waals surface area contributed by atoms with Crippen molar-refractivity contribution in [2.45, 2.75) is 26.3 Å². The van der Waals surface area contributed by atoms with Crippen molar-refractivity contribution < 1.29 is 4.79 Å². The summed E-state index contributed by atoms with van der Waals surface area (Å²) in [5.41, 5.74) is 3.05. The highest BCUT2D eigenvalue weighted by Crippen LogP contribution is 2.19. The van der Waals surface area contributed by atoms with Gasteiger partial charge < -0.3 is 15.1 Å². The SMILES string of the molecule is Cc1ccc(CNCC2CCN(C(=O)c3ccccc3)CC2)nc1N(C)C. The van der Waals surface area contributed by atoms with E-state index in [0.29, 0.717) is 5.92 Å². The van der Waals surface area contributed by atoms with Crippen LogP contribution in [0.15, 0.2) is 42.5 Å². The minimum absolute atomic E-state index is 0.155. The zero-order valence-electron chi connectivity index (χ0n) is 16.6. The van der Waals surface area contributed by atoms with Gasteiger partial charge in [0.15, 0.2) is 0 Å². The van der Waals surface area contributed by atoms with E-state index in [0.717, 1.165) is 56.1 Å². The molecule has 1 N–H and O–H groups in total. The van der Waals surface area contributed by atoms with Gasteiger partial charge in [-0.15, -0.1) is 0 Å². The molecule has 1 aliphatic heterocycles. The Morgan fingerprint density at radius 2 is 1.85 bits per heavy atom. The maximum atomic E-state index is 12.5. The average Bonchev–Trinajstić information content (AvgIpc) is 2.69. The number of amides is 1. The van der Waals surface area contributed by atoms with Crippen molar-refractivity contribution in [3.8, 4) is 0 Å². The number of nitrogens with zero attached hydrogens (tertiary/aromatic N) is 3. The molecule has 0 atom stereocenters. The van der Waals surface area contributed by atoms with Crippen LogP contribution in [-0.4, -0.2) is 49.5 Å². The summed E-state index contributed by atoms with van der Waals surface area (Å²) < 4.78 is 0. The van der Waals surface area contributed by atoms with Crippen LogP contribution in [0.1, 0.15) is 34.5 Å². The Labute approximate surface area is 162 Å². The molecule has 1 saturated heterocycles. The first kappa shape index (κ1) is 19.4. The van der Waals surface area contributed by atoms with E-state index in [9.17, 15) is 4.79 Å². The Morgan fingerprint density at radius 3 is 2.52 bits per heavy atom. The summed E-state index contributed by atoms with van der Waals surface area (Å²) in [6.45, 7) is 5.52. The molecule has 2 heterocycles. The smallest absolute Gasteiger partial charge is 0.253 e. The molecule has 1 fully saturated rings. The highest BCUT2D eigenvalue weighted by Gasteiger charge is 2.23. The van der Waals surface area contributed by atoms with Gasteiger partial charge in [0.1, 0.15) is 5.82 Å². The largest absolute Gasteiger partial charge is 0.363 e. The van der Waals surface area contributed by atoms with Gasteiger partial charge in [0.25, 0.3) is 5.91 Å². The molecular weight excluding hydrogens is 336 g/mol. The fraction of sp³-hybridized carbons (Fsp3) is 0.455. The number of pyridine rings is 1. The summed E-state index contributed by atoms with van der Waals surface area (Å²) in [4.78, 5) is 21.3. The average molecular weight is 367 g/mol. The van der Waals surface area contributed by atoms with Gasteiger partial charge in [-0.2, -0.15) is 0 Å². The molecule has 5 nitrogen and oxygen atoms in total. The molecule has 0 aliphatic carbocycles. The molecule has 2 aromatic rings. The summed E-state index contributed by atoms with van der Waals surface area (Å²) in [5.74, 6) is 1.80. The second-order valence-electron chi connectivity index (χ2n) is 7.57. The van der Waals surface area contributed by atoms with Crippen LogP contribution < -0.4 is 10.2 Å². The zero-order valence-corrected chi connectivity index (χ0v) is 16.6. The number of anilines is 1. The van der Waals surface area contributed by atoms with E-state index >= 15 is 0 Å². The Bertz CT molecular complexity index is 752. The summed E-state index contributed by atoms with van der Waals surface area (Å²) >= 11 is 0. The molecule has 0 radical (unpaired) electrons. The summed E-state index contributed by atoms with van der Waals surface area (Å²) in [7, 11) is 4.05. The van der Waals surface area contributed by atoms with Crippen LogP contribution in [0.5, 0.6) is 0 Å². The number of rotatable bonds is 6. The lowest BCUT2D eigenvalue weighted by Crippen LogP contribution is -2.40. The van der Waals surface area contributed by atoms with E-state index in [4.69, 9.17) is 4.98 Å². The van der Waals surface area contributed by atoms with Gasteiger partial charge in [0.2, 0.25) is 0 Å². The van der Waals surface area contributed by atoms with E-state index < -0.39 is 0 Å². The molecule has 1 aromatic heterocycles. The van der Waals surface area contributed by atoms with E-state index in [2.05, 4.69) is 29.3 Å². The van der Waals surface area contributed by atoms with Gasteiger partial charge >= 0.3 is 0 Å². The van der Waals surface area contributed by atoms with Crippen LogP contribution in [0.2, 0.25) is 0 Å². The number of likely N-dealkylation sites (tertiary alicyclic amines) is 1. The minimum Gasteiger partial charge on any atom is -0.363 e. The first-order valence-corrected chi connectivity index (χ1v) is 9.73. The molecule has 0 saturated carbocycles. The molecular formula is C22H30N4O. The normalized spacial score (nSPS) is 15.0. The monoisotopic (exact) mass is 366 g/mol. The van der Waals surface area contributed by atoms with Gasteiger partial charge in [-0.3, -0.25) is 4.79 Å². The van der Waals surface area contributed by atoms with Crippen molar-refractivity contribution >= 4 is 11.7 Å². The highest BCUT2D eigenvalue weighted by atomic mass is 16.2. The summed E-state index contributed by atoms with van der Waals surface area (Å²) in [5, 5.41) is 3.55. The molecule has 1 aliphatic rings. The zero-order chi connectivity index (χ0) is 19.2. The third kappa shape index (κ3) is 5.07. The van der Waals surface area contributed by atoms with Crippen LogP contribution in [0.25, 0.3) is 0 Å². The lowest BCUT2D eigenvalue weighted by molar-refractivity contribution is 0.0690. The quantitative estimate of drug-likeness (QED) is 0.853. The van der Waals surface area contributed by atoms with Gasteiger partial charge in [-0.1, -0.05) is 24.3 Å². The maximum absolute atomic E-state index is 12.5. The first-order valence-electron chi connectivity index (χ1n) is 9.73. The third-order valence-electron chi connectivity index (χ3n) is 5.21. The maximum Gasteiger partial charge on any atom is 0.253 e. The van der Waals surface area contributed by atoms with E-state index in [1.807, 2.05) is 49.3 Å². The lowest BCUT2D eigenvalue weighted by Gasteiger charge is -2.32. The second-order valence-corrected chi connectivity index (χ2v) is 7.57. The predicted octanol–water partition coefficient (Wildman–Crippen LogP) is 3.10. The summed E-state index contributed by atoms with van der Waals surface area (Å²) in [6, 6.07) is 13.8. The third-order valence-corrected chi connectivity index (χ3v) is 5.21. The molecule has 144 valence electrons. The van der Waals surface area contributed by atoms with Crippen LogP contribution in [-0.2, 0) is 6.54 Å². The standard InChI is InChI=1S/C22H30N4O/c1-17-9-10-20(24-21(17)25(2)3)16-23-15-18-11-13-26(14-12-18)22(27)19-7-5-4-6-8-19/h4-10,18,23H,11-16H2,1-3H3. The number of hydrogen-bond donors (Lipinski definition) is 1. The number of aryl methyl sites for hydroxylation is 1. The molecule has 5 heteroatoms. The molecule has 0 unspecified atom stereocenters. The second kappa shape index (κ2) is 9.00. The van der Waals surface area contributed by atoms with E-state index in [1.165, 1.54) is 5.56 Å². The number of aromatic nitrogens is 1. The number of carbonyl (C=O) groups excluding carboxylic acids is 1. The van der Waals surface area contributed by atoms with Crippen molar-refractivity contribution in [2.75, 3.05) is 38.6 Å². The molecule has 0 bridgehead atoms. The van der Waals surface area contributed by atoms with Gasteiger partial charge in [0, 0.05) is 39.3 Å². The van der Waals surface area contributed by atoms with Crippen molar-refractivity contribution in [3.05, 3.63) is 59.3 Å². The predicted molar refractivity (Wildman–Crippen MR) is 110 cm³/mol. The van der Waals surface area contributed by atoms with Crippen LogP contribution >= 0.6 is 0 Å². The first-order chi connectivity index (χ1) is 13.0. The number of piperidine rings is 1. The fourth-order valence-corrected chi connectivity index (χ4v) is 3.62. The van der Waals surface area contributed by atoms with Crippen LogP contribution in [0, 0.1) is 12.8 Å². The number of hydrogen-bond acceptors (Lipinski definition) is 4. The fourth-order valence-electron chi connectivity index (χ4n) is 3.62. The minimum atomic E-state index is 0.155. The number of benzene rings is 1. The van der Waals surface area contributed by atoms with Gasteiger partial charge in [0.05, 0.1) is 5.69 Å². The molecule has 27 heavy (non-hydrogen) atoms. The Kier molecular flexibility index (Phi) is 6.45. The van der Waals surface area contributed by atoms with Gasteiger partial charge in [-0.05, 0) is 56.0 Å². The topological polar surface area (TPSA) is 48.5 Å². The van der Waals surface area contributed by atoms with E-state index in [1.54, 1.807) is 0 Å². The van der Waals surface area contributed by atoms with Crippen LogP contribution in [0.4, 0.5) is 5.82 Å². The van der Waals surface area contributed by atoms with Gasteiger partial charge in [-0.25, -0.2) is 4.98 Å². The number of nitrogens with one attached hydrogen (secondary N) is 1. The Morgan fingerprint density at radius 1 is 1.15 bits per heavy atom. The van der Waals surface area contributed by atoms with Crippen molar-refractivity contribution in [3.63, 3.8) is 0 Å². The van der Waals surface area contributed by atoms with Crippen molar-refractivity contribution in [1.29, 1.82) is 0 Å². The molecule has 3 rings (SSSR count).